The first-order valence-electron chi connectivity index (χ1n) is 12.3. The van der Waals surface area contributed by atoms with E-state index in [-0.39, 0.29) is 47.9 Å². The molecule has 0 radical (unpaired) electrons. The van der Waals surface area contributed by atoms with Crippen molar-refractivity contribution in [2.24, 2.45) is 28.6 Å². The monoisotopic (exact) mass is 453 g/mol. The Hall–Kier alpha value is -1.89. The topological polar surface area (TPSA) is 96.7 Å². The van der Waals surface area contributed by atoms with Gasteiger partial charge in [0.25, 0.3) is 0 Å². The molecule has 0 bridgehead atoms. The van der Waals surface area contributed by atoms with Gasteiger partial charge in [0, 0.05) is 18.0 Å². The Kier molecular flexibility index (Phi) is 5.62. The minimum atomic E-state index is -1.49. The molecule has 1 aromatic rings. The number of aliphatic hydroxyl groups is 2. The number of Topliss-reactive ketones (excluding diaryl/α,β-unsaturated/α-hetero) is 1. The van der Waals surface area contributed by atoms with Gasteiger partial charge in [-0.3, -0.25) is 14.6 Å². The summed E-state index contributed by atoms with van der Waals surface area (Å²) < 4.78 is 5.64. The lowest BCUT2D eigenvalue weighted by molar-refractivity contribution is -0.183. The van der Waals surface area contributed by atoms with E-state index in [9.17, 15) is 19.8 Å². The van der Waals surface area contributed by atoms with E-state index >= 15 is 0 Å². The second-order valence-electron chi connectivity index (χ2n) is 11.2. The first kappa shape index (κ1) is 22.9. The molecule has 0 aliphatic heterocycles. The highest BCUT2D eigenvalue weighted by molar-refractivity contribution is 5.92. The van der Waals surface area contributed by atoms with Gasteiger partial charge in [-0.25, -0.2) is 0 Å². The normalized spacial score (nSPS) is 42.2. The first-order chi connectivity index (χ1) is 15.7. The molecule has 7 atom stereocenters. The molecule has 5 unspecified atom stereocenters. The summed E-state index contributed by atoms with van der Waals surface area (Å²) in [5, 5.41) is 23.2. The van der Waals surface area contributed by atoms with Crippen molar-refractivity contribution in [2.45, 2.75) is 77.1 Å². The highest BCUT2D eigenvalue weighted by Crippen LogP contribution is 2.67. The number of carbonyl (C=O) groups is 2. The molecule has 1 aromatic heterocycles. The van der Waals surface area contributed by atoms with Gasteiger partial charge >= 0.3 is 0 Å². The van der Waals surface area contributed by atoms with Crippen LogP contribution in [0.1, 0.15) is 64.5 Å². The fraction of sp³-hybridized carbons (Fsp3) is 0.667. The number of ketones is 2. The molecule has 0 amide bonds. The molecule has 6 nitrogen and oxygen atoms in total. The summed E-state index contributed by atoms with van der Waals surface area (Å²) in [6.45, 7) is 4.28. The SMILES string of the molecule is CC12CCC(=O)C=C1CCC1C2[C@@H](O)CC2(C)C1CC[C@]2(O)C(=O)COCc1ccccn1. The van der Waals surface area contributed by atoms with Crippen LogP contribution in [0, 0.1) is 28.6 Å². The smallest absolute Gasteiger partial charge is 0.190 e. The summed E-state index contributed by atoms with van der Waals surface area (Å²) in [5.41, 5.74) is -0.411. The van der Waals surface area contributed by atoms with E-state index in [1.54, 1.807) is 6.20 Å². The molecule has 33 heavy (non-hydrogen) atoms. The van der Waals surface area contributed by atoms with Gasteiger partial charge in [-0.2, -0.15) is 0 Å². The molecule has 0 spiro atoms. The lowest BCUT2D eigenvalue weighted by Gasteiger charge is -2.60. The van der Waals surface area contributed by atoms with Crippen LogP contribution in [0.4, 0.5) is 0 Å². The Bertz CT molecular complexity index is 976. The number of fused-ring (bicyclic) bond motifs is 5. The van der Waals surface area contributed by atoms with E-state index in [2.05, 4.69) is 11.9 Å². The predicted molar refractivity (Wildman–Crippen MR) is 122 cm³/mol. The summed E-state index contributed by atoms with van der Waals surface area (Å²) in [7, 11) is 0. The highest BCUT2D eigenvalue weighted by atomic mass is 16.5. The van der Waals surface area contributed by atoms with Crippen LogP contribution >= 0.6 is 0 Å². The quantitative estimate of drug-likeness (QED) is 0.709. The number of allylic oxidation sites excluding steroid dienone is 1. The average Bonchev–Trinajstić information content (AvgIpc) is 3.06. The van der Waals surface area contributed by atoms with Crippen LogP contribution in [-0.2, 0) is 20.9 Å². The third-order valence-corrected chi connectivity index (χ3v) is 9.72. The standard InChI is InChI=1S/C27H35NO5/c1-25-10-8-19(29)13-17(25)6-7-20-21-9-11-27(32,26(21,2)14-22(30)24(20)25)23(31)16-33-15-18-5-3-4-12-28-18/h3-5,12-13,20-22,24,30,32H,6-11,14-16H2,1-2H3/t20?,21?,22-,24?,25?,26?,27-/m0/s1. The van der Waals surface area contributed by atoms with Crippen molar-refractivity contribution in [3.8, 4) is 0 Å². The van der Waals surface area contributed by atoms with E-state index in [0.717, 1.165) is 31.4 Å². The van der Waals surface area contributed by atoms with Crippen molar-refractivity contribution in [1.82, 2.24) is 4.98 Å². The largest absolute Gasteiger partial charge is 0.393 e. The van der Waals surface area contributed by atoms with E-state index in [1.165, 1.54) is 5.57 Å². The van der Waals surface area contributed by atoms with Gasteiger partial charge in [0.15, 0.2) is 11.6 Å². The summed E-state index contributed by atoms with van der Waals surface area (Å²) in [5.74, 6) is 0.390. The molecule has 2 N–H and O–H groups in total. The van der Waals surface area contributed by atoms with Crippen LogP contribution in [0.2, 0.25) is 0 Å². The molecule has 6 heteroatoms. The number of aromatic nitrogens is 1. The molecule has 4 aliphatic rings. The zero-order valence-electron chi connectivity index (χ0n) is 19.6. The second kappa shape index (κ2) is 8.10. The summed E-state index contributed by atoms with van der Waals surface area (Å²) in [4.78, 5) is 29.5. The summed E-state index contributed by atoms with van der Waals surface area (Å²) in [6, 6.07) is 5.54. The number of carbonyl (C=O) groups excluding carboxylic acids is 2. The van der Waals surface area contributed by atoms with Crippen LogP contribution in [-0.4, -0.2) is 45.1 Å². The molecule has 4 aliphatic carbocycles. The van der Waals surface area contributed by atoms with Crippen molar-refractivity contribution >= 4 is 11.6 Å². The van der Waals surface area contributed by atoms with Gasteiger partial charge in [-0.05, 0) is 79.9 Å². The molecule has 0 aromatic carbocycles. The van der Waals surface area contributed by atoms with Gasteiger partial charge in [0.2, 0.25) is 0 Å². The van der Waals surface area contributed by atoms with Crippen LogP contribution in [0.15, 0.2) is 36.0 Å². The van der Waals surface area contributed by atoms with Crippen LogP contribution in [0.25, 0.3) is 0 Å². The Morgan fingerprint density at radius 3 is 2.79 bits per heavy atom. The third kappa shape index (κ3) is 3.44. The van der Waals surface area contributed by atoms with Gasteiger partial charge in [-0.1, -0.05) is 25.5 Å². The van der Waals surface area contributed by atoms with Crippen LogP contribution < -0.4 is 0 Å². The zero-order chi connectivity index (χ0) is 23.4. The fourth-order valence-electron chi connectivity index (χ4n) is 8.00. The number of pyridine rings is 1. The molecule has 3 saturated carbocycles. The zero-order valence-corrected chi connectivity index (χ0v) is 19.6. The van der Waals surface area contributed by atoms with Gasteiger partial charge in [0.05, 0.1) is 18.4 Å². The lowest BCUT2D eigenvalue weighted by Crippen LogP contribution is -2.62. The lowest BCUT2D eigenvalue weighted by atomic mass is 9.45. The van der Waals surface area contributed by atoms with E-state index < -0.39 is 17.1 Å². The molecule has 0 saturated heterocycles. The van der Waals surface area contributed by atoms with Crippen molar-refractivity contribution in [3.63, 3.8) is 0 Å². The van der Waals surface area contributed by atoms with Crippen molar-refractivity contribution in [3.05, 3.63) is 41.7 Å². The van der Waals surface area contributed by atoms with E-state index in [1.807, 2.05) is 31.2 Å². The number of ether oxygens (including phenoxy) is 1. The summed E-state index contributed by atoms with van der Waals surface area (Å²) >= 11 is 0. The minimum absolute atomic E-state index is 0.0709. The second-order valence-corrected chi connectivity index (χ2v) is 11.2. The van der Waals surface area contributed by atoms with E-state index in [0.29, 0.717) is 19.3 Å². The summed E-state index contributed by atoms with van der Waals surface area (Å²) in [6.07, 6.45) is 7.58. The molecular formula is C27H35NO5. The Labute approximate surface area is 195 Å². The molecule has 5 rings (SSSR count). The van der Waals surface area contributed by atoms with Crippen molar-refractivity contribution < 1.29 is 24.5 Å². The molecule has 1 heterocycles. The number of aliphatic hydroxyl groups excluding tert-OH is 1. The number of nitrogens with zero attached hydrogens (tertiary/aromatic N) is 1. The number of rotatable bonds is 5. The van der Waals surface area contributed by atoms with E-state index in [4.69, 9.17) is 4.74 Å². The third-order valence-electron chi connectivity index (χ3n) is 9.72. The maximum absolute atomic E-state index is 13.3. The van der Waals surface area contributed by atoms with Gasteiger partial charge in [0.1, 0.15) is 12.2 Å². The van der Waals surface area contributed by atoms with Gasteiger partial charge in [-0.15, -0.1) is 0 Å². The molecule has 3 fully saturated rings. The Balaban J connectivity index is 1.35. The first-order valence-corrected chi connectivity index (χ1v) is 12.3. The maximum Gasteiger partial charge on any atom is 0.190 e. The molecule has 178 valence electrons. The van der Waals surface area contributed by atoms with Crippen LogP contribution in [0.3, 0.4) is 0 Å². The van der Waals surface area contributed by atoms with Gasteiger partial charge < -0.3 is 14.9 Å². The predicted octanol–water partition coefficient (Wildman–Crippen LogP) is 3.40. The number of hydrogen-bond acceptors (Lipinski definition) is 6. The minimum Gasteiger partial charge on any atom is -0.393 e. The Morgan fingerprint density at radius 1 is 1.21 bits per heavy atom. The van der Waals surface area contributed by atoms with Crippen molar-refractivity contribution in [1.29, 1.82) is 0 Å². The molecular weight excluding hydrogens is 418 g/mol. The Morgan fingerprint density at radius 2 is 2.03 bits per heavy atom. The average molecular weight is 454 g/mol. The maximum atomic E-state index is 13.3. The van der Waals surface area contributed by atoms with Crippen LogP contribution in [0.5, 0.6) is 0 Å². The highest BCUT2D eigenvalue weighted by Gasteiger charge is 2.68. The fourth-order valence-corrected chi connectivity index (χ4v) is 8.00. The van der Waals surface area contributed by atoms with Crippen molar-refractivity contribution in [2.75, 3.05) is 6.61 Å². The number of hydrogen-bond donors (Lipinski definition) is 2.